The van der Waals surface area contributed by atoms with Crippen molar-refractivity contribution in [2.45, 2.75) is 0 Å². The summed E-state index contributed by atoms with van der Waals surface area (Å²) < 4.78 is 26.7. The summed E-state index contributed by atoms with van der Waals surface area (Å²) in [6.07, 6.45) is 1.20. The Hall–Kier alpha value is -3.53. The molecule has 0 spiro atoms. The minimum atomic E-state index is -1.07. The molecule has 0 atom stereocenters. The van der Waals surface area contributed by atoms with Gasteiger partial charge in [0.15, 0.2) is 11.6 Å². The van der Waals surface area contributed by atoms with Crippen LogP contribution in [0.1, 0.15) is 0 Å². The second kappa shape index (κ2) is 8.68. The van der Waals surface area contributed by atoms with Crippen LogP contribution in [0.25, 0.3) is 0 Å². The largest absolute Gasteiger partial charge is 0.368 e. The van der Waals surface area contributed by atoms with E-state index in [1.807, 2.05) is 18.2 Å². The average molecular weight is 447 g/mol. The van der Waals surface area contributed by atoms with Crippen LogP contribution in [0.4, 0.5) is 37.5 Å². The maximum absolute atomic E-state index is 13.5. The van der Waals surface area contributed by atoms with E-state index in [1.165, 1.54) is 12.4 Å². The SMILES string of the molecule is O=[N+]([O-])c1c(Nc2ccc(F)c(F)c2)ncnc1N1CCN(c2cccc(Cl)c2)CC1. The number of nitro groups is 1. The maximum atomic E-state index is 13.5. The Bertz CT molecular complexity index is 1120. The molecular formula is C20H17ClF2N6O2. The first-order valence-corrected chi connectivity index (χ1v) is 9.77. The van der Waals surface area contributed by atoms with Crippen LogP contribution < -0.4 is 15.1 Å². The first kappa shape index (κ1) is 20.7. The van der Waals surface area contributed by atoms with Gasteiger partial charge in [-0.3, -0.25) is 10.1 Å². The normalized spacial score (nSPS) is 13.9. The summed E-state index contributed by atoms with van der Waals surface area (Å²) in [5.41, 5.74) is 0.783. The standard InChI is InChI=1S/C20H17ClF2N6O2/c21-13-2-1-3-15(10-13)27-6-8-28(9-7-27)20-18(29(30)31)19(24-12-25-20)26-14-4-5-16(22)17(23)11-14/h1-5,10-12H,6-9H2,(H,24,25,26). The zero-order valence-corrected chi connectivity index (χ0v) is 16.9. The van der Waals surface area contributed by atoms with Gasteiger partial charge in [-0.15, -0.1) is 0 Å². The van der Waals surface area contributed by atoms with E-state index >= 15 is 0 Å². The lowest BCUT2D eigenvalue weighted by Crippen LogP contribution is -2.47. The van der Waals surface area contributed by atoms with Gasteiger partial charge in [0.05, 0.1) is 4.92 Å². The summed E-state index contributed by atoms with van der Waals surface area (Å²) in [6, 6.07) is 10.6. The van der Waals surface area contributed by atoms with E-state index < -0.39 is 16.6 Å². The summed E-state index contributed by atoms with van der Waals surface area (Å²) in [5.74, 6) is -2.02. The molecule has 1 N–H and O–H groups in total. The molecule has 2 heterocycles. The number of aromatic nitrogens is 2. The quantitative estimate of drug-likeness (QED) is 0.459. The molecule has 3 aromatic rings. The van der Waals surface area contributed by atoms with Crippen molar-refractivity contribution in [1.29, 1.82) is 0 Å². The van der Waals surface area contributed by atoms with E-state index in [4.69, 9.17) is 11.6 Å². The Labute approximate surface area is 181 Å². The number of anilines is 4. The van der Waals surface area contributed by atoms with Gasteiger partial charge in [-0.05, 0) is 30.3 Å². The highest BCUT2D eigenvalue weighted by Gasteiger charge is 2.29. The molecule has 4 rings (SSSR count). The fourth-order valence-corrected chi connectivity index (χ4v) is 3.60. The molecule has 1 fully saturated rings. The highest BCUT2D eigenvalue weighted by atomic mass is 35.5. The van der Waals surface area contributed by atoms with Gasteiger partial charge in [-0.1, -0.05) is 17.7 Å². The zero-order valence-electron chi connectivity index (χ0n) is 16.1. The Kier molecular flexibility index (Phi) is 5.81. The molecule has 0 aliphatic carbocycles. The van der Waals surface area contributed by atoms with Crippen LogP contribution in [0.2, 0.25) is 5.02 Å². The van der Waals surface area contributed by atoms with Crippen molar-refractivity contribution in [2.24, 2.45) is 0 Å². The molecule has 8 nitrogen and oxygen atoms in total. The summed E-state index contributed by atoms with van der Waals surface area (Å²) in [6.45, 7) is 2.23. The second-order valence-electron chi connectivity index (χ2n) is 6.86. The lowest BCUT2D eigenvalue weighted by molar-refractivity contribution is -0.383. The van der Waals surface area contributed by atoms with Gasteiger partial charge in [-0.2, -0.15) is 0 Å². The third-order valence-corrected chi connectivity index (χ3v) is 5.16. The first-order valence-electron chi connectivity index (χ1n) is 9.39. The Balaban J connectivity index is 1.57. The molecule has 160 valence electrons. The minimum Gasteiger partial charge on any atom is -0.368 e. The number of piperazine rings is 1. The number of rotatable bonds is 5. The predicted molar refractivity (Wildman–Crippen MR) is 114 cm³/mol. The van der Waals surface area contributed by atoms with Crippen molar-refractivity contribution < 1.29 is 13.7 Å². The van der Waals surface area contributed by atoms with E-state index in [0.717, 1.165) is 17.8 Å². The third kappa shape index (κ3) is 4.48. The zero-order chi connectivity index (χ0) is 22.0. The van der Waals surface area contributed by atoms with Crippen molar-refractivity contribution in [3.8, 4) is 0 Å². The second-order valence-corrected chi connectivity index (χ2v) is 7.30. The van der Waals surface area contributed by atoms with Crippen LogP contribution in [-0.2, 0) is 0 Å². The van der Waals surface area contributed by atoms with Gasteiger partial charge in [0.1, 0.15) is 6.33 Å². The molecule has 1 saturated heterocycles. The molecule has 0 amide bonds. The van der Waals surface area contributed by atoms with Crippen LogP contribution in [0.3, 0.4) is 0 Å². The number of hydrogen-bond acceptors (Lipinski definition) is 7. The summed E-state index contributed by atoms with van der Waals surface area (Å²) in [4.78, 5) is 23.2. The van der Waals surface area contributed by atoms with Gasteiger partial charge < -0.3 is 15.1 Å². The van der Waals surface area contributed by atoms with Gasteiger partial charge in [0, 0.05) is 48.6 Å². The van der Waals surface area contributed by atoms with E-state index in [1.54, 1.807) is 11.0 Å². The summed E-state index contributed by atoms with van der Waals surface area (Å²) in [7, 11) is 0. The molecule has 1 aliphatic rings. The molecule has 0 saturated carbocycles. The number of benzene rings is 2. The van der Waals surface area contributed by atoms with E-state index in [2.05, 4.69) is 20.2 Å². The number of nitrogens with one attached hydrogen (secondary N) is 1. The molecular weight excluding hydrogens is 430 g/mol. The molecule has 0 unspecified atom stereocenters. The molecule has 1 aliphatic heterocycles. The lowest BCUT2D eigenvalue weighted by atomic mass is 10.2. The Morgan fingerprint density at radius 1 is 1.00 bits per heavy atom. The van der Waals surface area contributed by atoms with Crippen molar-refractivity contribution >= 4 is 40.3 Å². The van der Waals surface area contributed by atoms with Crippen molar-refractivity contribution in [3.05, 3.63) is 75.6 Å². The molecule has 0 bridgehead atoms. The molecule has 31 heavy (non-hydrogen) atoms. The number of hydrogen-bond donors (Lipinski definition) is 1. The van der Waals surface area contributed by atoms with Crippen molar-refractivity contribution in [3.63, 3.8) is 0 Å². The van der Waals surface area contributed by atoms with Crippen molar-refractivity contribution in [2.75, 3.05) is 41.3 Å². The monoisotopic (exact) mass is 446 g/mol. The fourth-order valence-electron chi connectivity index (χ4n) is 3.42. The smallest absolute Gasteiger partial charge is 0.353 e. The average Bonchev–Trinajstić information content (AvgIpc) is 2.76. The highest BCUT2D eigenvalue weighted by molar-refractivity contribution is 6.30. The van der Waals surface area contributed by atoms with Crippen LogP contribution in [-0.4, -0.2) is 41.1 Å². The van der Waals surface area contributed by atoms with Crippen LogP contribution in [0.15, 0.2) is 48.8 Å². The lowest BCUT2D eigenvalue weighted by Gasteiger charge is -2.36. The predicted octanol–water partition coefficient (Wildman–Crippen LogP) is 4.39. The first-order chi connectivity index (χ1) is 14.9. The molecule has 0 radical (unpaired) electrons. The van der Waals surface area contributed by atoms with E-state index in [9.17, 15) is 18.9 Å². The summed E-state index contributed by atoms with van der Waals surface area (Å²) in [5, 5.41) is 15.1. The van der Waals surface area contributed by atoms with Crippen LogP contribution >= 0.6 is 11.6 Å². The summed E-state index contributed by atoms with van der Waals surface area (Å²) >= 11 is 6.07. The number of halogens is 3. The van der Waals surface area contributed by atoms with Gasteiger partial charge >= 0.3 is 5.69 Å². The minimum absolute atomic E-state index is 0.0988. The van der Waals surface area contributed by atoms with Crippen LogP contribution in [0, 0.1) is 21.7 Å². The Morgan fingerprint density at radius 3 is 2.42 bits per heavy atom. The number of nitrogens with zero attached hydrogens (tertiary/aromatic N) is 5. The molecule has 11 heteroatoms. The van der Waals surface area contributed by atoms with Crippen molar-refractivity contribution in [1.82, 2.24) is 9.97 Å². The maximum Gasteiger partial charge on any atom is 0.353 e. The topological polar surface area (TPSA) is 87.4 Å². The van der Waals surface area contributed by atoms with Gasteiger partial charge in [0.2, 0.25) is 11.6 Å². The fraction of sp³-hybridized carbons (Fsp3) is 0.200. The van der Waals surface area contributed by atoms with E-state index in [-0.39, 0.29) is 23.0 Å². The van der Waals surface area contributed by atoms with Gasteiger partial charge in [0.25, 0.3) is 0 Å². The highest BCUT2D eigenvalue weighted by Crippen LogP contribution is 2.34. The molecule has 2 aromatic carbocycles. The van der Waals surface area contributed by atoms with Gasteiger partial charge in [-0.25, -0.2) is 18.7 Å². The van der Waals surface area contributed by atoms with Crippen LogP contribution in [0.5, 0.6) is 0 Å². The molecule has 1 aromatic heterocycles. The Morgan fingerprint density at radius 2 is 1.74 bits per heavy atom. The third-order valence-electron chi connectivity index (χ3n) is 4.92. The van der Waals surface area contributed by atoms with E-state index in [0.29, 0.717) is 31.2 Å².